The second-order valence-corrected chi connectivity index (χ2v) is 10.1. The van der Waals surface area contributed by atoms with Crippen molar-refractivity contribution in [3.63, 3.8) is 0 Å². The summed E-state index contributed by atoms with van der Waals surface area (Å²) in [5.41, 5.74) is 1.23. The molecule has 1 N–H and O–H groups in total. The van der Waals surface area contributed by atoms with Crippen LogP contribution >= 0.6 is 27.5 Å². The van der Waals surface area contributed by atoms with Crippen LogP contribution in [0.4, 0.5) is 5.69 Å². The van der Waals surface area contributed by atoms with Crippen molar-refractivity contribution in [2.75, 3.05) is 12.4 Å². The van der Waals surface area contributed by atoms with Crippen LogP contribution in [-0.2, 0) is 14.3 Å². The van der Waals surface area contributed by atoms with Gasteiger partial charge in [-0.25, -0.2) is 0 Å². The van der Waals surface area contributed by atoms with E-state index in [1.807, 2.05) is 59.5 Å². The summed E-state index contributed by atoms with van der Waals surface area (Å²) in [6.45, 7) is 0. The first-order valence-electron chi connectivity index (χ1n) is 11.3. The Morgan fingerprint density at radius 1 is 1.08 bits per heavy atom. The molecule has 6 nitrogen and oxygen atoms in total. The van der Waals surface area contributed by atoms with Crippen molar-refractivity contribution >= 4 is 51.2 Å². The lowest BCUT2D eigenvalue weighted by Crippen LogP contribution is -2.42. The molecule has 0 saturated carbocycles. The van der Waals surface area contributed by atoms with Crippen LogP contribution in [-0.4, -0.2) is 29.9 Å². The SMILES string of the molecule is COC(=O)[C@]1(C#N)[C@@H](c2ccc(Br)cc2)[C@H](C(=O)Nc2ccc(Cl)cc2)N2C=Cc3ccccc3[C@@H]21. The molecule has 0 aliphatic carbocycles. The van der Waals surface area contributed by atoms with Crippen LogP contribution in [0.3, 0.4) is 0 Å². The minimum absolute atomic E-state index is 0.347. The Bertz CT molecular complexity index is 1400. The Labute approximate surface area is 222 Å². The van der Waals surface area contributed by atoms with E-state index in [4.69, 9.17) is 16.3 Å². The first-order valence-corrected chi connectivity index (χ1v) is 12.4. The van der Waals surface area contributed by atoms with E-state index in [-0.39, 0.29) is 5.91 Å². The van der Waals surface area contributed by atoms with Crippen molar-refractivity contribution in [2.24, 2.45) is 5.41 Å². The quantitative estimate of drug-likeness (QED) is 0.399. The number of nitrogens with zero attached hydrogens (tertiary/aromatic N) is 2. The van der Waals surface area contributed by atoms with E-state index >= 15 is 0 Å². The van der Waals surface area contributed by atoms with Gasteiger partial charge in [-0.1, -0.05) is 63.9 Å². The zero-order chi connectivity index (χ0) is 25.4. The minimum atomic E-state index is -1.69. The summed E-state index contributed by atoms with van der Waals surface area (Å²) in [4.78, 5) is 29.4. The lowest BCUT2D eigenvalue weighted by molar-refractivity contribution is -0.151. The molecule has 0 bridgehead atoms. The van der Waals surface area contributed by atoms with Crippen LogP contribution in [0.5, 0.6) is 0 Å². The van der Waals surface area contributed by atoms with Gasteiger partial charge in [-0.15, -0.1) is 0 Å². The Morgan fingerprint density at radius 2 is 1.78 bits per heavy atom. The molecule has 2 aliphatic rings. The number of fused-ring (bicyclic) bond motifs is 3. The maximum Gasteiger partial charge on any atom is 0.329 e. The first kappa shape index (κ1) is 24.1. The number of esters is 1. The number of hydrogen-bond donors (Lipinski definition) is 1. The predicted octanol–water partition coefficient (Wildman–Crippen LogP) is 5.92. The molecule has 36 heavy (non-hydrogen) atoms. The Morgan fingerprint density at radius 3 is 2.44 bits per heavy atom. The van der Waals surface area contributed by atoms with E-state index < -0.39 is 29.4 Å². The van der Waals surface area contributed by atoms with Crippen molar-refractivity contribution in [3.8, 4) is 6.07 Å². The van der Waals surface area contributed by atoms with Crippen LogP contribution in [0.2, 0.25) is 5.02 Å². The van der Waals surface area contributed by atoms with Crippen LogP contribution in [0, 0.1) is 16.7 Å². The summed E-state index contributed by atoms with van der Waals surface area (Å²) < 4.78 is 6.10. The molecule has 2 aliphatic heterocycles. The van der Waals surface area contributed by atoms with Gasteiger partial charge in [0.2, 0.25) is 5.91 Å². The molecule has 0 radical (unpaired) electrons. The van der Waals surface area contributed by atoms with Gasteiger partial charge < -0.3 is 15.0 Å². The number of rotatable bonds is 4. The Balaban J connectivity index is 1.72. The summed E-state index contributed by atoms with van der Waals surface area (Å²) in [5.74, 6) is -1.85. The molecule has 1 saturated heterocycles. The number of benzene rings is 3. The lowest BCUT2D eigenvalue weighted by atomic mass is 9.67. The number of halogens is 2. The average molecular weight is 563 g/mol. The Hall–Kier alpha value is -3.60. The number of carbonyl (C=O) groups excluding carboxylic acids is 2. The van der Waals surface area contributed by atoms with Crippen molar-refractivity contribution in [1.82, 2.24) is 4.90 Å². The third-order valence-electron chi connectivity index (χ3n) is 6.89. The molecule has 5 rings (SSSR count). The van der Waals surface area contributed by atoms with E-state index in [2.05, 4.69) is 27.3 Å². The highest BCUT2D eigenvalue weighted by Crippen LogP contribution is 2.60. The maximum absolute atomic E-state index is 13.9. The minimum Gasteiger partial charge on any atom is -0.468 e. The van der Waals surface area contributed by atoms with Gasteiger partial charge in [-0.05, 0) is 59.2 Å². The third-order valence-corrected chi connectivity index (χ3v) is 7.67. The van der Waals surface area contributed by atoms with Gasteiger partial charge in [-0.2, -0.15) is 5.26 Å². The second kappa shape index (κ2) is 9.45. The van der Waals surface area contributed by atoms with Gasteiger partial charge in [0.1, 0.15) is 6.04 Å². The average Bonchev–Trinajstić information content (AvgIpc) is 3.22. The summed E-state index contributed by atoms with van der Waals surface area (Å²) in [6, 6.07) is 22.4. The van der Waals surface area contributed by atoms with Crippen LogP contribution in [0.15, 0.2) is 83.5 Å². The maximum atomic E-state index is 13.9. The van der Waals surface area contributed by atoms with Crippen molar-refractivity contribution in [1.29, 1.82) is 5.26 Å². The number of methoxy groups -OCH3 is 1. The van der Waals surface area contributed by atoms with Gasteiger partial charge in [0.25, 0.3) is 0 Å². The highest BCUT2D eigenvalue weighted by Gasteiger charge is 2.67. The molecule has 1 amide bonds. The molecular formula is C28H21BrClN3O3. The standard InChI is InChI=1S/C28H21BrClN3O3/c1-36-27(35)28(16-31)23(18-6-8-19(29)9-7-18)24(26(34)32-21-12-10-20(30)11-13-21)33-15-14-17-4-2-3-5-22(17)25(28)33/h2-15,23-25H,1H3,(H,32,34)/t23-,24+,25+,28+/m0/s1. The fraction of sp³-hybridized carbons (Fsp3) is 0.179. The summed E-state index contributed by atoms with van der Waals surface area (Å²) >= 11 is 9.47. The van der Waals surface area contributed by atoms with E-state index in [1.54, 1.807) is 30.5 Å². The zero-order valence-corrected chi connectivity index (χ0v) is 21.5. The molecule has 0 spiro atoms. The van der Waals surface area contributed by atoms with Gasteiger partial charge in [0, 0.05) is 27.3 Å². The molecule has 0 aromatic heterocycles. The molecular weight excluding hydrogens is 542 g/mol. The summed E-state index contributed by atoms with van der Waals surface area (Å²) in [7, 11) is 1.27. The van der Waals surface area contributed by atoms with Gasteiger partial charge >= 0.3 is 5.97 Å². The molecule has 180 valence electrons. The zero-order valence-electron chi connectivity index (χ0n) is 19.2. The molecule has 4 atom stereocenters. The topological polar surface area (TPSA) is 82.4 Å². The highest BCUT2D eigenvalue weighted by atomic mass is 79.9. The van der Waals surface area contributed by atoms with E-state index in [1.165, 1.54) is 7.11 Å². The van der Waals surface area contributed by atoms with Gasteiger partial charge in [-0.3, -0.25) is 9.59 Å². The Kier molecular flexibility index (Phi) is 6.33. The monoisotopic (exact) mass is 561 g/mol. The molecule has 3 aromatic rings. The number of nitrogens with one attached hydrogen (secondary N) is 1. The third kappa shape index (κ3) is 3.78. The number of amides is 1. The van der Waals surface area contributed by atoms with E-state index in [9.17, 15) is 14.9 Å². The summed E-state index contributed by atoms with van der Waals surface area (Å²) in [6.07, 6.45) is 3.70. The second-order valence-electron chi connectivity index (χ2n) is 8.74. The number of anilines is 1. The van der Waals surface area contributed by atoms with Crippen LogP contribution in [0.1, 0.15) is 28.7 Å². The van der Waals surface area contributed by atoms with Crippen molar-refractivity contribution < 1.29 is 14.3 Å². The van der Waals surface area contributed by atoms with Gasteiger partial charge in [0.15, 0.2) is 5.41 Å². The largest absolute Gasteiger partial charge is 0.468 e. The highest BCUT2D eigenvalue weighted by molar-refractivity contribution is 9.10. The number of carbonyl (C=O) groups is 2. The van der Waals surface area contributed by atoms with Crippen LogP contribution in [0.25, 0.3) is 6.08 Å². The first-order chi connectivity index (χ1) is 17.4. The summed E-state index contributed by atoms with van der Waals surface area (Å²) in [5, 5.41) is 14.2. The number of hydrogen-bond acceptors (Lipinski definition) is 5. The molecule has 8 heteroatoms. The lowest BCUT2D eigenvalue weighted by Gasteiger charge is -2.35. The van der Waals surface area contributed by atoms with Crippen molar-refractivity contribution in [3.05, 3.63) is 105 Å². The van der Waals surface area contributed by atoms with Gasteiger partial charge in [0.05, 0.1) is 19.2 Å². The molecule has 3 aromatic carbocycles. The van der Waals surface area contributed by atoms with Crippen LogP contribution < -0.4 is 5.32 Å². The van der Waals surface area contributed by atoms with E-state index in [0.29, 0.717) is 16.3 Å². The van der Waals surface area contributed by atoms with E-state index in [0.717, 1.165) is 15.6 Å². The number of ether oxygens (including phenoxy) is 1. The molecule has 0 unspecified atom stereocenters. The molecule has 2 heterocycles. The number of nitriles is 1. The molecule has 1 fully saturated rings. The fourth-order valence-corrected chi connectivity index (χ4v) is 5.78. The normalized spacial score (nSPS) is 23.8. The predicted molar refractivity (Wildman–Crippen MR) is 141 cm³/mol. The smallest absolute Gasteiger partial charge is 0.329 e. The van der Waals surface area contributed by atoms with Crippen molar-refractivity contribution in [2.45, 2.75) is 18.0 Å². The fourth-order valence-electron chi connectivity index (χ4n) is 5.38.